The highest BCUT2D eigenvalue weighted by Crippen LogP contribution is 2.28. The predicted octanol–water partition coefficient (Wildman–Crippen LogP) is 4.41. The molecule has 3 rings (SSSR count). The molecule has 0 radical (unpaired) electrons. The summed E-state index contributed by atoms with van der Waals surface area (Å²) in [7, 11) is 0. The number of ether oxygens (including phenoxy) is 1. The Balaban J connectivity index is 1.99. The van der Waals surface area contributed by atoms with Crippen LogP contribution in [-0.4, -0.2) is 33.5 Å². The molecule has 1 aromatic heterocycles. The van der Waals surface area contributed by atoms with Crippen LogP contribution in [0.4, 0.5) is 4.39 Å². The molecule has 0 aliphatic carbocycles. The van der Waals surface area contributed by atoms with Gasteiger partial charge >= 0.3 is 5.97 Å². The number of carbonyl (C=O) groups excluding carboxylic acids is 1. The second-order valence-corrected chi connectivity index (χ2v) is 6.62. The van der Waals surface area contributed by atoms with Gasteiger partial charge in [-0.05, 0) is 46.1 Å². The van der Waals surface area contributed by atoms with Crippen molar-refractivity contribution in [3.05, 3.63) is 69.7 Å². The number of carbonyl (C=O) groups is 2. The van der Waals surface area contributed by atoms with Crippen LogP contribution in [0.1, 0.15) is 33.3 Å². The topological polar surface area (TPSA) is 81.4 Å². The molecule has 0 atom stereocenters. The minimum Gasteiger partial charge on any atom is -0.478 e. The highest BCUT2D eigenvalue weighted by Gasteiger charge is 2.18. The number of aldehydes is 1. The van der Waals surface area contributed by atoms with E-state index in [0.29, 0.717) is 34.2 Å². The van der Waals surface area contributed by atoms with E-state index in [4.69, 9.17) is 4.74 Å². The minimum absolute atomic E-state index is 0.0364. The normalized spacial score (nSPS) is 10.7. The van der Waals surface area contributed by atoms with Gasteiger partial charge < -0.3 is 9.84 Å². The summed E-state index contributed by atoms with van der Waals surface area (Å²) in [6.07, 6.45) is 0.620. The van der Waals surface area contributed by atoms with Gasteiger partial charge in [-0.15, -0.1) is 0 Å². The van der Waals surface area contributed by atoms with Crippen molar-refractivity contribution >= 4 is 28.2 Å². The summed E-state index contributed by atoms with van der Waals surface area (Å²) in [6, 6.07) is 11.1. The van der Waals surface area contributed by atoms with E-state index in [9.17, 15) is 19.1 Å². The monoisotopic (exact) mass is 446 g/mol. The lowest BCUT2D eigenvalue weighted by atomic mass is 9.98. The number of nitrogens with zero attached hydrogens (tertiary/aromatic N) is 2. The van der Waals surface area contributed by atoms with Crippen LogP contribution in [0.2, 0.25) is 0 Å². The molecule has 6 nitrogen and oxygen atoms in total. The molecule has 0 aliphatic heterocycles. The fourth-order valence-electron chi connectivity index (χ4n) is 2.86. The number of aromatic nitrogens is 2. The number of hydrogen-bond donors (Lipinski definition) is 1. The zero-order chi connectivity index (χ0) is 20.3. The van der Waals surface area contributed by atoms with E-state index < -0.39 is 11.8 Å². The lowest BCUT2D eigenvalue weighted by molar-refractivity contribution is 0.0697. The largest absolute Gasteiger partial charge is 0.478 e. The van der Waals surface area contributed by atoms with Crippen LogP contribution in [0, 0.1) is 5.82 Å². The third-order valence-electron chi connectivity index (χ3n) is 4.16. The first-order valence-corrected chi connectivity index (χ1v) is 9.20. The fourth-order valence-corrected chi connectivity index (χ4v) is 3.31. The Morgan fingerprint density at radius 1 is 1.32 bits per heavy atom. The van der Waals surface area contributed by atoms with E-state index in [-0.39, 0.29) is 23.8 Å². The Morgan fingerprint density at radius 3 is 2.71 bits per heavy atom. The van der Waals surface area contributed by atoms with Gasteiger partial charge in [-0.1, -0.05) is 30.3 Å². The first kappa shape index (κ1) is 19.8. The molecular formula is C20H16BrFN2O4. The zero-order valence-electron chi connectivity index (χ0n) is 14.9. The lowest BCUT2D eigenvalue weighted by Gasteiger charge is -2.12. The highest BCUT2D eigenvalue weighted by atomic mass is 79.9. The van der Waals surface area contributed by atoms with Gasteiger partial charge in [0.2, 0.25) is 0 Å². The Kier molecular flexibility index (Phi) is 5.89. The lowest BCUT2D eigenvalue weighted by Crippen LogP contribution is -2.09. The van der Waals surface area contributed by atoms with E-state index in [1.165, 1.54) is 16.7 Å². The van der Waals surface area contributed by atoms with Gasteiger partial charge in [0, 0.05) is 5.56 Å². The molecule has 28 heavy (non-hydrogen) atoms. The molecule has 0 spiro atoms. The smallest absolute Gasteiger partial charge is 0.336 e. The third kappa shape index (κ3) is 3.82. The first-order valence-electron chi connectivity index (χ1n) is 8.41. The Morgan fingerprint density at radius 2 is 2.07 bits per heavy atom. The molecule has 0 saturated carbocycles. The van der Waals surface area contributed by atoms with Crippen LogP contribution >= 0.6 is 15.9 Å². The van der Waals surface area contributed by atoms with E-state index in [1.807, 2.05) is 0 Å². The van der Waals surface area contributed by atoms with Gasteiger partial charge in [-0.3, -0.25) is 9.36 Å². The Bertz CT molecular complexity index is 1050. The molecule has 1 N–H and O–H groups in total. The van der Waals surface area contributed by atoms with Crippen molar-refractivity contribution in [3.8, 4) is 17.1 Å². The van der Waals surface area contributed by atoms with Gasteiger partial charge in [-0.25, -0.2) is 9.18 Å². The standard InChI is InChI=1S/C20H16BrFN2O4/c1-2-28-20-23-18(21)17(11-25)24(20)10-13-8-7-12(9-16(13)22)14-5-3-4-6-15(14)19(26)27/h3-9,11H,2,10H2,1H3,(H,26,27). The van der Waals surface area contributed by atoms with Crippen LogP contribution in [0.3, 0.4) is 0 Å². The molecule has 0 fully saturated rings. The summed E-state index contributed by atoms with van der Waals surface area (Å²) in [5.41, 5.74) is 1.52. The number of rotatable bonds is 7. The number of halogens is 2. The van der Waals surface area contributed by atoms with Crippen LogP contribution in [0.15, 0.2) is 47.1 Å². The third-order valence-corrected chi connectivity index (χ3v) is 4.75. The van der Waals surface area contributed by atoms with E-state index in [2.05, 4.69) is 20.9 Å². The molecule has 0 unspecified atom stereocenters. The molecule has 144 valence electrons. The van der Waals surface area contributed by atoms with E-state index >= 15 is 0 Å². The Labute approximate surface area is 168 Å². The summed E-state index contributed by atoms with van der Waals surface area (Å²) < 4.78 is 22.0. The van der Waals surface area contributed by atoms with Gasteiger partial charge in [0.15, 0.2) is 6.29 Å². The van der Waals surface area contributed by atoms with Crippen molar-refractivity contribution < 1.29 is 23.8 Å². The van der Waals surface area contributed by atoms with Gasteiger partial charge in [0.05, 0.1) is 18.7 Å². The summed E-state index contributed by atoms with van der Waals surface area (Å²) in [5.74, 6) is -1.61. The van der Waals surface area contributed by atoms with Crippen molar-refractivity contribution in [2.45, 2.75) is 13.5 Å². The number of imidazole rings is 1. The molecular weight excluding hydrogens is 431 g/mol. The predicted molar refractivity (Wildman–Crippen MR) is 104 cm³/mol. The summed E-state index contributed by atoms with van der Waals surface area (Å²) in [6.45, 7) is 2.16. The van der Waals surface area contributed by atoms with Gasteiger partial charge in [0.25, 0.3) is 6.01 Å². The minimum atomic E-state index is -1.08. The molecule has 0 bridgehead atoms. The van der Waals surface area contributed by atoms with E-state index in [1.54, 1.807) is 37.3 Å². The number of aromatic carboxylic acids is 1. The number of benzene rings is 2. The highest BCUT2D eigenvalue weighted by molar-refractivity contribution is 9.10. The first-order chi connectivity index (χ1) is 13.5. The summed E-state index contributed by atoms with van der Waals surface area (Å²) >= 11 is 3.20. The van der Waals surface area contributed by atoms with Gasteiger partial charge in [0.1, 0.15) is 16.1 Å². The van der Waals surface area contributed by atoms with Crippen molar-refractivity contribution in [1.29, 1.82) is 0 Å². The Hall–Kier alpha value is -3.00. The van der Waals surface area contributed by atoms with Crippen LogP contribution < -0.4 is 4.74 Å². The molecule has 1 heterocycles. The summed E-state index contributed by atoms with van der Waals surface area (Å²) in [4.78, 5) is 26.9. The number of hydrogen-bond acceptors (Lipinski definition) is 4. The molecule has 0 aliphatic rings. The summed E-state index contributed by atoms with van der Waals surface area (Å²) in [5, 5.41) is 9.33. The van der Waals surface area contributed by atoms with Crippen molar-refractivity contribution in [2.75, 3.05) is 6.61 Å². The SMILES string of the molecule is CCOc1nc(Br)c(C=O)n1Cc1ccc(-c2ccccc2C(=O)O)cc1F. The van der Waals surface area contributed by atoms with Crippen LogP contribution in [-0.2, 0) is 6.54 Å². The van der Waals surface area contributed by atoms with E-state index in [0.717, 1.165) is 0 Å². The number of carboxylic acids is 1. The van der Waals surface area contributed by atoms with Crippen LogP contribution in [0.5, 0.6) is 6.01 Å². The van der Waals surface area contributed by atoms with Crippen molar-refractivity contribution in [3.63, 3.8) is 0 Å². The maximum absolute atomic E-state index is 14.8. The van der Waals surface area contributed by atoms with Crippen molar-refractivity contribution in [1.82, 2.24) is 9.55 Å². The number of carboxylic acid groups (broad SMARTS) is 1. The average Bonchev–Trinajstić information content (AvgIpc) is 2.97. The molecule has 2 aromatic carbocycles. The second kappa shape index (κ2) is 8.35. The molecule has 8 heteroatoms. The van der Waals surface area contributed by atoms with Crippen LogP contribution in [0.25, 0.3) is 11.1 Å². The zero-order valence-corrected chi connectivity index (χ0v) is 16.4. The molecule has 0 amide bonds. The van der Waals surface area contributed by atoms with Crippen molar-refractivity contribution in [2.24, 2.45) is 0 Å². The molecule has 3 aromatic rings. The average molecular weight is 447 g/mol. The van der Waals surface area contributed by atoms with Gasteiger partial charge in [-0.2, -0.15) is 4.98 Å². The fraction of sp³-hybridized carbons (Fsp3) is 0.150. The quantitative estimate of drug-likeness (QED) is 0.543. The molecule has 0 saturated heterocycles. The maximum Gasteiger partial charge on any atom is 0.336 e. The second-order valence-electron chi connectivity index (χ2n) is 5.86. The maximum atomic E-state index is 14.8.